The molecule has 0 spiro atoms. The number of aromatic carboxylic acids is 1. The Labute approximate surface area is 73.8 Å². The van der Waals surface area contributed by atoms with Crippen LogP contribution in [0.25, 0.3) is 0 Å². The van der Waals surface area contributed by atoms with Crippen LogP contribution in [-0.4, -0.2) is 17.6 Å². The molecule has 3 nitrogen and oxygen atoms in total. The van der Waals surface area contributed by atoms with Crippen LogP contribution in [0.15, 0.2) is 11.4 Å². The summed E-state index contributed by atoms with van der Waals surface area (Å²) >= 11 is 1.31. The van der Waals surface area contributed by atoms with Crippen molar-refractivity contribution in [1.29, 1.82) is 0 Å². The van der Waals surface area contributed by atoms with Crippen molar-refractivity contribution in [2.45, 2.75) is 0 Å². The highest BCUT2D eigenvalue weighted by Crippen LogP contribution is 2.14. The maximum absolute atomic E-state index is 10.6. The highest BCUT2D eigenvalue weighted by atomic mass is 32.1. The molecule has 0 saturated carbocycles. The maximum Gasteiger partial charge on any atom is 0.337 e. The zero-order chi connectivity index (χ0) is 8.97. The van der Waals surface area contributed by atoms with E-state index in [0.29, 0.717) is 4.88 Å². The molecule has 4 heteroatoms. The summed E-state index contributed by atoms with van der Waals surface area (Å²) < 4.78 is 0. The van der Waals surface area contributed by atoms with Crippen molar-refractivity contribution in [1.82, 2.24) is 0 Å². The van der Waals surface area contributed by atoms with Gasteiger partial charge in [-0.1, -0.05) is 11.8 Å². The van der Waals surface area contributed by atoms with E-state index in [1.165, 1.54) is 17.4 Å². The van der Waals surface area contributed by atoms with E-state index in [1.54, 1.807) is 5.38 Å². The van der Waals surface area contributed by atoms with Gasteiger partial charge in [-0.05, 0) is 11.4 Å². The Kier molecular flexibility index (Phi) is 2.86. The van der Waals surface area contributed by atoms with Crippen LogP contribution in [0.2, 0.25) is 0 Å². The summed E-state index contributed by atoms with van der Waals surface area (Å²) in [6.45, 7) is 0.247. The lowest BCUT2D eigenvalue weighted by Crippen LogP contribution is -1.96. The quantitative estimate of drug-likeness (QED) is 0.628. The molecule has 3 N–H and O–H groups in total. The molecule has 0 aliphatic rings. The van der Waals surface area contributed by atoms with Gasteiger partial charge in [-0.15, -0.1) is 11.3 Å². The number of thiophene rings is 1. The monoisotopic (exact) mass is 181 g/mol. The van der Waals surface area contributed by atoms with Crippen molar-refractivity contribution in [3.63, 3.8) is 0 Å². The summed E-state index contributed by atoms with van der Waals surface area (Å²) in [6, 6.07) is 1.54. The van der Waals surface area contributed by atoms with Gasteiger partial charge in [0.1, 0.15) is 0 Å². The fraction of sp³-hybridized carbons (Fsp3) is 0.125. The predicted octanol–water partition coefficient (Wildman–Crippen LogP) is 0.757. The molecule has 0 radical (unpaired) electrons. The van der Waals surface area contributed by atoms with E-state index in [0.717, 1.165) is 0 Å². The van der Waals surface area contributed by atoms with Crippen molar-refractivity contribution in [2.75, 3.05) is 6.54 Å². The summed E-state index contributed by atoms with van der Waals surface area (Å²) in [5, 5.41) is 10.4. The van der Waals surface area contributed by atoms with Gasteiger partial charge in [0.25, 0.3) is 0 Å². The number of carboxylic acid groups (broad SMARTS) is 1. The van der Waals surface area contributed by atoms with Crippen LogP contribution in [0.1, 0.15) is 15.2 Å². The van der Waals surface area contributed by atoms with Crippen LogP contribution in [0.4, 0.5) is 0 Å². The van der Waals surface area contributed by atoms with E-state index in [2.05, 4.69) is 11.8 Å². The highest BCUT2D eigenvalue weighted by molar-refractivity contribution is 7.10. The fourth-order valence-corrected chi connectivity index (χ4v) is 1.46. The third-order valence-electron chi connectivity index (χ3n) is 1.20. The van der Waals surface area contributed by atoms with Crippen LogP contribution >= 0.6 is 11.3 Å². The normalized spacial score (nSPS) is 8.75. The SMILES string of the molecule is NCC#Cc1sccc1C(=O)O. The second-order valence-corrected chi connectivity index (χ2v) is 2.89. The van der Waals surface area contributed by atoms with Gasteiger partial charge in [0.05, 0.1) is 17.0 Å². The summed E-state index contributed by atoms with van der Waals surface area (Å²) in [6.07, 6.45) is 0. The molecule has 62 valence electrons. The maximum atomic E-state index is 10.6. The number of carbonyl (C=O) groups is 1. The lowest BCUT2D eigenvalue weighted by Gasteiger charge is -1.87. The topological polar surface area (TPSA) is 63.3 Å². The van der Waals surface area contributed by atoms with E-state index in [-0.39, 0.29) is 12.1 Å². The molecule has 0 saturated heterocycles. The van der Waals surface area contributed by atoms with Gasteiger partial charge < -0.3 is 10.8 Å². The van der Waals surface area contributed by atoms with Gasteiger partial charge in [0.15, 0.2) is 0 Å². The molecule has 1 aromatic heterocycles. The minimum Gasteiger partial charge on any atom is -0.478 e. The number of nitrogens with two attached hydrogens (primary N) is 1. The van der Waals surface area contributed by atoms with Crippen LogP contribution in [0, 0.1) is 11.8 Å². The van der Waals surface area contributed by atoms with Crippen LogP contribution in [0.3, 0.4) is 0 Å². The van der Waals surface area contributed by atoms with E-state index in [4.69, 9.17) is 10.8 Å². The molecule has 0 aromatic carbocycles. The molecule has 1 aromatic rings. The summed E-state index contributed by atoms with van der Waals surface area (Å²) in [5.74, 6) is 4.36. The van der Waals surface area contributed by atoms with Gasteiger partial charge in [0.2, 0.25) is 0 Å². The molecule has 0 aliphatic carbocycles. The zero-order valence-electron chi connectivity index (χ0n) is 6.20. The molecule has 0 aliphatic heterocycles. The summed E-state index contributed by atoms with van der Waals surface area (Å²) in [5.41, 5.74) is 5.41. The minimum atomic E-state index is -0.947. The summed E-state index contributed by atoms with van der Waals surface area (Å²) in [7, 11) is 0. The fourth-order valence-electron chi connectivity index (χ4n) is 0.706. The van der Waals surface area contributed by atoms with Crippen molar-refractivity contribution in [3.05, 3.63) is 21.9 Å². The predicted molar refractivity (Wildman–Crippen MR) is 47.2 cm³/mol. The molecule has 1 rings (SSSR count). The minimum absolute atomic E-state index is 0.247. The number of hydrogen-bond acceptors (Lipinski definition) is 3. The molecule has 0 unspecified atom stereocenters. The first-order chi connectivity index (χ1) is 5.75. The zero-order valence-corrected chi connectivity index (χ0v) is 7.02. The van der Waals surface area contributed by atoms with Crippen molar-refractivity contribution >= 4 is 17.3 Å². The van der Waals surface area contributed by atoms with Crippen LogP contribution in [0.5, 0.6) is 0 Å². The van der Waals surface area contributed by atoms with E-state index < -0.39 is 5.97 Å². The lowest BCUT2D eigenvalue weighted by atomic mass is 10.2. The van der Waals surface area contributed by atoms with Gasteiger partial charge in [-0.2, -0.15) is 0 Å². The smallest absolute Gasteiger partial charge is 0.337 e. The van der Waals surface area contributed by atoms with Crippen molar-refractivity contribution in [3.8, 4) is 11.8 Å². The molecule has 0 atom stereocenters. The lowest BCUT2D eigenvalue weighted by molar-refractivity contribution is 0.0697. The first-order valence-corrected chi connectivity index (χ1v) is 4.13. The molecule has 0 amide bonds. The number of carboxylic acids is 1. The van der Waals surface area contributed by atoms with Gasteiger partial charge in [-0.25, -0.2) is 4.79 Å². The van der Waals surface area contributed by atoms with Crippen LogP contribution < -0.4 is 5.73 Å². The van der Waals surface area contributed by atoms with Gasteiger partial charge in [0, 0.05) is 0 Å². The van der Waals surface area contributed by atoms with Crippen molar-refractivity contribution < 1.29 is 9.90 Å². The number of rotatable bonds is 1. The summed E-state index contributed by atoms with van der Waals surface area (Å²) in [4.78, 5) is 11.1. The van der Waals surface area contributed by atoms with E-state index in [1.807, 2.05) is 0 Å². The van der Waals surface area contributed by atoms with E-state index in [9.17, 15) is 4.79 Å². The first kappa shape index (κ1) is 8.78. The Morgan fingerprint density at radius 1 is 1.75 bits per heavy atom. The van der Waals surface area contributed by atoms with Crippen molar-refractivity contribution in [2.24, 2.45) is 5.73 Å². The third-order valence-corrected chi connectivity index (χ3v) is 2.03. The third kappa shape index (κ3) is 1.84. The molecule has 12 heavy (non-hydrogen) atoms. The largest absolute Gasteiger partial charge is 0.478 e. The highest BCUT2D eigenvalue weighted by Gasteiger charge is 2.08. The first-order valence-electron chi connectivity index (χ1n) is 3.25. The average Bonchev–Trinajstić information content (AvgIpc) is 2.48. The van der Waals surface area contributed by atoms with Gasteiger partial charge >= 0.3 is 5.97 Å². The molecule has 0 fully saturated rings. The van der Waals surface area contributed by atoms with Crippen LogP contribution in [-0.2, 0) is 0 Å². The Bertz CT molecular complexity index is 345. The average molecular weight is 181 g/mol. The Balaban J connectivity index is 2.99. The molecular weight excluding hydrogens is 174 g/mol. The molecule has 1 heterocycles. The second kappa shape index (κ2) is 3.90. The van der Waals surface area contributed by atoms with Gasteiger partial charge in [-0.3, -0.25) is 0 Å². The number of hydrogen-bond donors (Lipinski definition) is 2. The van der Waals surface area contributed by atoms with E-state index >= 15 is 0 Å². The molecular formula is C8H7NO2S. The Morgan fingerprint density at radius 2 is 2.50 bits per heavy atom. The Hall–Kier alpha value is -1.31. The second-order valence-electron chi connectivity index (χ2n) is 1.97. The Morgan fingerprint density at radius 3 is 3.08 bits per heavy atom. The standard InChI is InChI=1S/C8H7NO2S/c9-4-1-2-7-6(8(10)11)3-5-12-7/h3,5H,4,9H2,(H,10,11). The molecule has 0 bridgehead atoms.